The average molecular weight is 465 g/mol. The van der Waals surface area contributed by atoms with Crippen LogP contribution in [0.3, 0.4) is 0 Å². The molecule has 0 fully saturated rings. The van der Waals surface area contributed by atoms with Gasteiger partial charge in [0.2, 0.25) is 5.91 Å². The summed E-state index contributed by atoms with van der Waals surface area (Å²) in [6.07, 6.45) is 0. The number of hydrogen-bond acceptors (Lipinski definition) is 6. The Morgan fingerprint density at radius 3 is 2.00 bits per heavy atom. The number of hydrogen-bond donors (Lipinski definition) is 3. The number of carbonyl (C=O) groups excluding carboxylic acids is 2. The third kappa shape index (κ3) is 6.17. The van der Waals surface area contributed by atoms with Gasteiger partial charge in [-0.25, -0.2) is 4.79 Å². The number of nitrogens with one attached hydrogen (secondary N) is 2. The van der Waals surface area contributed by atoms with Crippen molar-refractivity contribution in [3.05, 3.63) is 94.0 Å². The molecule has 3 rings (SSSR count). The van der Waals surface area contributed by atoms with Gasteiger partial charge in [0.05, 0.1) is 21.3 Å². The van der Waals surface area contributed by atoms with Gasteiger partial charge in [-0.1, -0.05) is 12.1 Å². The van der Waals surface area contributed by atoms with E-state index in [1.54, 1.807) is 43.3 Å². The molecular weight excluding hydrogens is 446 g/mol. The van der Waals surface area contributed by atoms with E-state index in [0.717, 1.165) is 4.90 Å². The Labute approximate surface area is 193 Å². The van der Waals surface area contributed by atoms with E-state index in [4.69, 9.17) is 0 Å². The molecule has 9 nitrogen and oxygen atoms in total. The Balaban J connectivity index is 1.58. The van der Waals surface area contributed by atoms with E-state index >= 15 is 0 Å². The molecule has 33 heavy (non-hydrogen) atoms. The summed E-state index contributed by atoms with van der Waals surface area (Å²) in [6.45, 7) is 1.73. The lowest BCUT2D eigenvalue weighted by Crippen LogP contribution is -2.22. The molecule has 3 aromatic carbocycles. The van der Waals surface area contributed by atoms with Crippen LogP contribution < -0.4 is 10.6 Å². The Hall–Kier alpha value is -4.18. The van der Waals surface area contributed by atoms with Crippen LogP contribution in [-0.4, -0.2) is 33.1 Å². The second-order valence-electron chi connectivity index (χ2n) is 6.88. The van der Waals surface area contributed by atoms with Crippen molar-refractivity contribution in [3.8, 4) is 0 Å². The highest BCUT2D eigenvalue weighted by atomic mass is 32.2. The van der Waals surface area contributed by atoms with E-state index < -0.39 is 22.0 Å². The van der Waals surface area contributed by atoms with Gasteiger partial charge in [-0.15, -0.1) is 11.8 Å². The number of aromatic carboxylic acids is 1. The first-order valence-electron chi connectivity index (χ1n) is 9.70. The van der Waals surface area contributed by atoms with E-state index in [1.807, 2.05) is 0 Å². The summed E-state index contributed by atoms with van der Waals surface area (Å²) in [6, 6.07) is 18.3. The summed E-state index contributed by atoms with van der Waals surface area (Å²) in [4.78, 5) is 47.2. The maximum atomic E-state index is 12.5. The van der Waals surface area contributed by atoms with Gasteiger partial charge < -0.3 is 15.7 Å². The summed E-state index contributed by atoms with van der Waals surface area (Å²) in [5, 5.41) is 24.9. The number of carboxylic acids is 1. The lowest BCUT2D eigenvalue weighted by atomic mass is 10.1. The molecule has 0 unspecified atom stereocenters. The van der Waals surface area contributed by atoms with Gasteiger partial charge in [-0.2, -0.15) is 0 Å². The Morgan fingerprint density at radius 1 is 0.879 bits per heavy atom. The summed E-state index contributed by atoms with van der Waals surface area (Å²) in [5.41, 5.74) is 0.842. The van der Waals surface area contributed by atoms with Gasteiger partial charge in [0, 0.05) is 28.4 Å². The number of thioether (sulfide) groups is 1. The molecule has 0 aliphatic heterocycles. The van der Waals surface area contributed by atoms with Crippen LogP contribution in [0.15, 0.2) is 77.7 Å². The van der Waals surface area contributed by atoms with Crippen molar-refractivity contribution in [2.24, 2.45) is 0 Å². The van der Waals surface area contributed by atoms with Crippen molar-refractivity contribution >= 4 is 46.6 Å². The Kier molecular flexibility index (Phi) is 7.42. The minimum absolute atomic E-state index is 0.0555. The zero-order valence-corrected chi connectivity index (χ0v) is 18.2. The SMILES string of the molecule is C[C@@H](Sc1ccc(NC(=O)c2ccccc2C(=O)O)cc1)C(=O)Nc1ccc([N+](=O)[O-])cc1. The van der Waals surface area contributed by atoms with Gasteiger partial charge in [-0.3, -0.25) is 19.7 Å². The smallest absolute Gasteiger partial charge is 0.336 e. The van der Waals surface area contributed by atoms with E-state index in [9.17, 15) is 29.6 Å². The monoisotopic (exact) mass is 465 g/mol. The van der Waals surface area contributed by atoms with Crippen LogP contribution in [-0.2, 0) is 4.79 Å². The zero-order chi connectivity index (χ0) is 24.0. The minimum Gasteiger partial charge on any atom is -0.478 e. The van der Waals surface area contributed by atoms with Crippen LogP contribution in [0.1, 0.15) is 27.6 Å². The number of rotatable bonds is 8. The number of amides is 2. The molecule has 1 atom stereocenters. The number of non-ortho nitro benzene ring substituents is 1. The third-order valence-corrected chi connectivity index (χ3v) is 5.65. The molecule has 0 heterocycles. The van der Waals surface area contributed by atoms with Crippen molar-refractivity contribution in [1.82, 2.24) is 0 Å². The van der Waals surface area contributed by atoms with Crippen LogP contribution in [0.5, 0.6) is 0 Å². The number of benzene rings is 3. The fraction of sp³-hybridized carbons (Fsp3) is 0.0870. The zero-order valence-electron chi connectivity index (χ0n) is 17.3. The predicted molar refractivity (Wildman–Crippen MR) is 125 cm³/mol. The first-order valence-corrected chi connectivity index (χ1v) is 10.6. The molecule has 0 saturated carbocycles. The molecule has 0 bridgehead atoms. The Bertz CT molecular complexity index is 1200. The third-order valence-electron chi connectivity index (χ3n) is 4.54. The van der Waals surface area contributed by atoms with E-state index in [0.29, 0.717) is 11.4 Å². The van der Waals surface area contributed by atoms with E-state index in [2.05, 4.69) is 10.6 Å². The van der Waals surface area contributed by atoms with Gasteiger partial charge in [-0.05, 0) is 55.5 Å². The van der Waals surface area contributed by atoms with Gasteiger partial charge in [0.15, 0.2) is 0 Å². The molecule has 168 valence electrons. The van der Waals surface area contributed by atoms with Crippen LogP contribution in [0.25, 0.3) is 0 Å². The highest BCUT2D eigenvalue weighted by Crippen LogP contribution is 2.26. The minimum atomic E-state index is -1.19. The number of anilines is 2. The fourth-order valence-corrected chi connectivity index (χ4v) is 3.72. The average Bonchev–Trinajstić information content (AvgIpc) is 2.80. The fourth-order valence-electron chi connectivity index (χ4n) is 2.85. The molecule has 3 N–H and O–H groups in total. The first kappa shape index (κ1) is 23.5. The number of nitro groups is 1. The van der Waals surface area contributed by atoms with Crippen molar-refractivity contribution < 1.29 is 24.4 Å². The van der Waals surface area contributed by atoms with Crippen LogP contribution in [0.4, 0.5) is 17.1 Å². The number of carbonyl (C=O) groups is 3. The van der Waals surface area contributed by atoms with E-state index in [1.165, 1.54) is 48.2 Å². The highest BCUT2D eigenvalue weighted by Gasteiger charge is 2.17. The number of carboxylic acid groups (broad SMARTS) is 1. The maximum absolute atomic E-state index is 12.5. The summed E-state index contributed by atoms with van der Waals surface area (Å²) in [5.74, 6) is -1.99. The molecule has 0 spiro atoms. The van der Waals surface area contributed by atoms with Crippen LogP contribution in [0.2, 0.25) is 0 Å². The molecule has 0 aliphatic rings. The second-order valence-corrected chi connectivity index (χ2v) is 8.30. The summed E-state index contributed by atoms with van der Waals surface area (Å²) in [7, 11) is 0. The molecular formula is C23H19N3O6S. The largest absolute Gasteiger partial charge is 0.478 e. The molecule has 0 aliphatic carbocycles. The van der Waals surface area contributed by atoms with Crippen molar-refractivity contribution in [1.29, 1.82) is 0 Å². The van der Waals surface area contributed by atoms with Crippen LogP contribution >= 0.6 is 11.8 Å². The lowest BCUT2D eigenvalue weighted by molar-refractivity contribution is -0.384. The lowest BCUT2D eigenvalue weighted by Gasteiger charge is -2.13. The quantitative estimate of drug-likeness (QED) is 0.250. The van der Waals surface area contributed by atoms with Gasteiger partial charge in [0.25, 0.3) is 11.6 Å². The van der Waals surface area contributed by atoms with Crippen molar-refractivity contribution in [2.75, 3.05) is 10.6 Å². The number of nitrogens with zero attached hydrogens (tertiary/aromatic N) is 1. The standard InChI is InChI=1S/C23H19N3O6S/c1-14(21(27)24-15-6-10-17(11-7-15)26(31)32)33-18-12-8-16(9-13-18)25-22(28)19-4-2-3-5-20(19)23(29)30/h2-14H,1H3,(H,24,27)(H,25,28)(H,29,30)/t14-/m1/s1. The molecule has 0 radical (unpaired) electrons. The maximum Gasteiger partial charge on any atom is 0.336 e. The molecule has 0 saturated heterocycles. The van der Waals surface area contributed by atoms with Gasteiger partial charge >= 0.3 is 5.97 Å². The molecule has 3 aromatic rings. The summed E-state index contributed by atoms with van der Waals surface area (Å²) >= 11 is 1.30. The first-order chi connectivity index (χ1) is 15.7. The molecule has 10 heteroatoms. The predicted octanol–water partition coefficient (Wildman–Crippen LogP) is 4.66. The molecule has 2 amide bonds. The number of nitro benzene ring substituents is 1. The van der Waals surface area contributed by atoms with Gasteiger partial charge in [0.1, 0.15) is 0 Å². The van der Waals surface area contributed by atoms with Crippen molar-refractivity contribution in [2.45, 2.75) is 17.1 Å². The topological polar surface area (TPSA) is 139 Å². The van der Waals surface area contributed by atoms with Crippen molar-refractivity contribution in [3.63, 3.8) is 0 Å². The highest BCUT2D eigenvalue weighted by molar-refractivity contribution is 8.00. The second kappa shape index (κ2) is 10.4. The summed E-state index contributed by atoms with van der Waals surface area (Å²) < 4.78 is 0. The van der Waals surface area contributed by atoms with E-state index in [-0.39, 0.29) is 22.7 Å². The molecule has 0 aromatic heterocycles. The van der Waals surface area contributed by atoms with Crippen LogP contribution in [0, 0.1) is 10.1 Å². The Morgan fingerprint density at radius 2 is 1.42 bits per heavy atom. The normalized spacial score (nSPS) is 11.3.